The number of fused-ring (bicyclic) bond motifs is 1. The van der Waals surface area contributed by atoms with Crippen molar-refractivity contribution < 1.29 is 4.21 Å². The summed E-state index contributed by atoms with van der Waals surface area (Å²) in [5, 5.41) is 2.38. The Labute approximate surface area is 150 Å². The first kappa shape index (κ1) is 16.3. The molecule has 2 aromatic carbocycles. The first-order valence-corrected chi connectivity index (χ1v) is 10.1. The molecule has 1 atom stereocenters. The van der Waals surface area contributed by atoms with Gasteiger partial charge in [-0.2, -0.15) is 0 Å². The van der Waals surface area contributed by atoms with Crippen molar-refractivity contribution in [3.63, 3.8) is 0 Å². The Hall–Kier alpha value is -2.20. The highest BCUT2D eigenvalue weighted by Crippen LogP contribution is 2.32. The summed E-state index contributed by atoms with van der Waals surface area (Å²) in [5.74, 6) is 0.550. The number of nitrogens with zero attached hydrogens (tertiary/aromatic N) is 1. The second kappa shape index (κ2) is 6.96. The van der Waals surface area contributed by atoms with Gasteiger partial charge in [-0.1, -0.05) is 49.6 Å². The number of anilines is 1. The molecule has 1 fully saturated rings. The monoisotopic (exact) mass is 350 g/mol. The number of benzene rings is 2. The van der Waals surface area contributed by atoms with E-state index >= 15 is 0 Å². The standard InChI is InChI=1S/C21H22N2OS/c22-21-20-8-4-7-18(19(20)13-14-23-21)15-9-11-17(12-10-15)25(24)16-5-2-1-3-6-16/h4,7-14,16H,1-3,5-6H2,(H2,22,23). The van der Waals surface area contributed by atoms with E-state index in [1.165, 1.54) is 19.3 Å². The lowest BCUT2D eigenvalue weighted by Crippen LogP contribution is -2.18. The third-order valence-electron chi connectivity index (χ3n) is 5.09. The second-order valence-corrected chi connectivity index (χ2v) is 8.41. The van der Waals surface area contributed by atoms with E-state index in [0.717, 1.165) is 39.6 Å². The van der Waals surface area contributed by atoms with Gasteiger partial charge in [0.25, 0.3) is 0 Å². The van der Waals surface area contributed by atoms with E-state index in [1.807, 2.05) is 30.3 Å². The number of hydrogen-bond donors (Lipinski definition) is 1. The molecule has 2 N–H and O–H groups in total. The fourth-order valence-electron chi connectivity index (χ4n) is 3.72. The van der Waals surface area contributed by atoms with Crippen LogP contribution in [0.5, 0.6) is 0 Å². The van der Waals surface area contributed by atoms with Crippen LogP contribution in [0.3, 0.4) is 0 Å². The Morgan fingerprint density at radius 2 is 1.68 bits per heavy atom. The lowest BCUT2D eigenvalue weighted by atomic mass is 9.99. The number of nitrogen functional groups attached to an aromatic ring is 1. The topological polar surface area (TPSA) is 56.0 Å². The predicted octanol–water partition coefficient (Wildman–Crippen LogP) is 4.92. The predicted molar refractivity (Wildman–Crippen MR) is 105 cm³/mol. The lowest BCUT2D eigenvalue weighted by molar-refractivity contribution is 0.504. The average molecular weight is 350 g/mol. The van der Waals surface area contributed by atoms with Gasteiger partial charge >= 0.3 is 0 Å². The molecule has 128 valence electrons. The molecule has 3 aromatic rings. The van der Waals surface area contributed by atoms with Crippen LogP contribution in [0.1, 0.15) is 32.1 Å². The zero-order chi connectivity index (χ0) is 17.2. The summed E-state index contributed by atoms with van der Waals surface area (Å²) in [5.41, 5.74) is 8.24. The normalized spacial score (nSPS) is 16.8. The van der Waals surface area contributed by atoms with E-state index < -0.39 is 10.8 Å². The maximum Gasteiger partial charge on any atom is 0.131 e. The van der Waals surface area contributed by atoms with Gasteiger partial charge in [0.15, 0.2) is 0 Å². The second-order valence-electron chi connectivity index (χ2n) is 6.68. The summed E-state index contributed by atoms with van der Waals surface area (Å²) in [4.78, 5) is 5.11. The highest BCUT2D eigenvalue weighted by atomic mass is 32.2. The number of rotatable bonds is 3. The average Bonchev–Trinajstić information content (AvgIpc) is 2.68. The van der Waals surface area contributed by atoms with Crippen LogP contribution < -0.4 is 5.73 Å². The Morgan fingerprint density at radius 3 is 2.44 bits per heavy atom. The van der Waals surface area contributed by atoms with E-state index in [-0.39, 0.29) is 0 Å². The van der Waals surface area contributed by atoms with E-state index in [0.29, 0.717) is 11.1 Å². The molecule has 1 saturated carbocycles. The smallest absolute Gasteiger partial charge is 0.131 e. The van der Waals surface area contributed by atoms with Gasteiger partial charge < -0.3 is 5.73 Å². The molecule has 1 aromatic heterocycles. The quantitative estimate of drug-likeness (QED) is 0.729. The summed E-state index contributed by atoms with van der Waals surface area (Å²) >= 11 is 0. The summed E-state index contributed by atoms with van der Waals surface area (Å²) in [6.45, 7) is 0. The van der Waals surface area contributed by atoms with Crippen molar-refractivity contribution in [2.45, 2.75) is 42.2 Å². The van der Waals surface area contributed by atoms with Gasteiger partial charge in [-0.3, -0.25) is 4.21 Å². The first-order valence-electron chi connectivity index (χ1n) is 8.88. The molecule has 3 nitrogen and oxygen atoms in total. The third-order valence-corrected chi connectivity index (χ3v) is 6.90. The molecular formula is C21H22N2OS. The van der Waals surface area contributed by atoms with Crippen molar-refractivity contribution in [3.8, 4) is 11.1 Å². The summed E-state index contributed by atoms with van der Waals surface area (Å²) in [6.07, 6.45) is 7.62. The van der Waals surface area contributed by atoms with Crippen LogP contribution in [0.4, 0.5) is 5.82 Å². The first-order chi connectivity index (χ1) is 12.2. The Balaban J connectivity index is 1.67. The summed E-state index contributed by atoms with van der Waals surface area (Å²) < 4.78 is 12.8. The molecule has 0 bridgehead atoms. The largest absolute Gasteiger partial charge is 0.383 e. The van der Waals surface area contributed by atoms with E-state index in [9.17, 15) is 4.21 Å². The summed E-state index contributed by atoms with van der Waals surface area (Å²) in [7, 11) is -0.895. The molecule has 25 heavy (non-hydrogen) atoms. The minimum absolute atomic E-state index is 0.322. The van der Waals surface area contributed by atoms with Gasteiger partial charge in [0, 0.05) is 21.7 Å². The highest BCUT2D eigenvalue weighted by Gasteiger charge is 2.21. The molecule has 0 spiro atoms. The van der Waals surface area contributed by atoms with Gasteiger partial charge in [-0.05, 0) is 47.6 Å². The maximum atomic E-state index is 12.8. The minimum atomic E-state index is -0.895. The Morgan fingerprint density at radius 1 is 0.920 bits per heavy atom. The number of pyridine rings is 1. The minimum Gasteiger partial charge on any atom is -0.383 e. The maximum absolute atomic E-state index is 12.8. The van der Waals surface area contributed by atoms with Crippen molar-refractivity contribution in [2.24, 2.45) is 0 Å². The molecule has 4 heteroatoms. The number of nitrogens with two attached hydrogens (primary N) is 1. The van der Waals surface area contributed by atoms with E-state index in [4.69, 9.17) is 5.73 Å². The van der Waals surface area contributed by atoms with Gasteiger partial charge in [0.1, 0.15) is 5.82 Å². The van der Waals surface area contributed by atoms with Crippen LogP contribution in [0.25, 0.3) is 21.9 Å². The van der Waals surface area contributed by atoms with Crippen LogP contribution in [0.15, 0.2) is 59.6 Å². The van der Waals surface area contributed by atoms with Crippen LogP contribution in [-0.4, -0.2) is 14.4 Å². The molecule has 0 aliphatic heterocycles. The lowest BCUT2D eigenvalue weighted by Gasteiger charge is -2.21. The van der Waals surface area contributed by atoms with Gasteiger partial charge in [0.2, 0.25) is 0 Å². The van der Waals surface area contributed by atoms with E-state index in [2.05, 4.69) is 23.2 Å². The molecule has 0 radical (unpaired) electrons. The van der Waals surface area contributed by atoms with Crippen LogP contribution in [-0.2, 0) is 10.8 Å². The molecule has 1 aliphatic rings. The Bertz CT molecular complexity index is 915. The molecule has 0 amide bonds. The zero-order valence-electron chi connectivity index (χ0n) is 14.2. The molecule has 0 saturated heterocycles. The van der Waals surface area contributed by atoms with Crippen molar-refractivity contribution in [2.75, 3.05) is 5.73 Å². The fourth-order valence-corrected chi connectivity index (χ4v) is 5.27. The molecule has 1 heterocycles. The van der Waals surface area contributed by atoms with Crippen molar-refractivity contribution in [1.29, 1.82) is 0 Å². The highest BCUT2D eigenvalue weighted by molar-refractivity contribution is 7.85. The third kappa shape index (κ3) is 3.19. The van der Waals surface area contributed by atoms with Crippen molar-refractivity contribution in [1.82, 2.24) is 4.98 Å². The van der Waals surface area contributed by atoms with Gasteiger partial charge in [-0.15, -0.1) is 0 Å². The fraction of sp³-hybridized carbons (Fsp3) is 0.286. The number of hydrogen-bond acceptors (Lipinski definition) is 3. The SMILES string of the molecule is Nc1nccc2c(-c3ccc(S(=O)C4CCCCC4)cc3)cccc12. The van der Waals surface area contributed by atoms with Crippen molar-refractivity contribution >= 4 is 27.4 Å². The zero-order valence-corrected chi connectivity index (χ0v) is 15.0. The van der Waals surface area contributed by atoms with Crippen LogP contribution >= 0.6 is 0 Å². The van der Waals surface area contributed by atoms with Gasteiger partial charge in [0.05, 0.1) is 10.8 Å². The molecule has 1 aliphatic carbocycles. The number of aromatic nitrogens is 1. The summed E-state index contributed by atoms with van der Waals surface area (Å²) in [6, 6.07) is 16.3. The van der Waals surface area contributed by atoms with Crippen LogP contribution in [0, 0.1) is 0 Å². The van der Waals surface area contributed by atoms with Gasteiger partial charge in [-0.25, -0.2) is 4.98 Å². The molecular weight excluding hydrogens is 328 g/mol. The van der Waals surface area contributed by atoms with Crippen LogP contribution in [0.2, 0.25) is 0 Å². The van der Waals surface area contributed by atoms with E-state index in [1.54, 1.807) is 6.20 Å². The Kier molecular flexibility index (Phi) is 4.53. The molecule has 4 rings (SSSR count). The molecule has 1 unspecified atom stereocenters. The van der Waals surface area contributed by atoms with Crippen molar-refractivity contribution in [3.05, 3.63) is 54.7 Å².